The lowest BCUT2D eigenvalue weighted by Crippen LogP contribution is -1.88. The molecule has 0 aromatic heterocycles. The maximum atomic E-state index is 2.37. The highest BCUT2D eigenvalue weighted by molar-refractivity contribution is 6.08. The minimum atomic E-state index is 1.21. The Bertz CT molecular complexity index is 2380. The zero-order chi connectivity index (χ0) is 30.5. The van der Waals surface area contributed by atoms with Gasteiger partial charge in [0.2, 0.25) is 0 Å². The molecule has 0 N–H and O–H groups in total. The van der Waals surface area contributed by atoms with E-state index >= 15 is 0 Å². The largest absolute Gasteiger partial charge is 0.0616 e. The van der Waals surface area contributed by atoms with Crippen LogP contribution in [-0.2, 0) is 0 Å². The smallest absolute Gasteiger partial charge is 0.00930 e. The molecule has 9 aromatic rings. The van der Waals surface area contributed by atoms with Gasteiger partial charge in [0.25, 0.3) is 0 Å². The molecule has 0 saturated carbocycles. The lowest BCUT2D eigenvalue weighted by molar-refractivity contribution is 1.60. The number of hydrogen-bond acceptors (Lipinski definition) is 0. The van der Waals surface area contributed by atoms with E-state index < -0.39 is 0 Å². The van der Waals surface area contributed by atoms with Crippen molar-refractivity contribution in [2.75, 3.05) is 0 Å². The fourth-order valence-corrected chi connectivity index (χ4v) is 7.18. The summed E-state index contributed by atoms with van der Waals surface area (Å²) in [6, 6.07) is 66.6. The first-order valence-corrected chi connectivity index (χ1v) is 15.9. The van der Waals surface area contributed by atoms with E-state index in [1.165, 1.54) is 87.6 Å². The molecule has 0 atom stereocenters. The minimum Gasteiger partial charge on any atom is -0.0616 e. The number of hydrogen-bond donors (Lipinski definition) is 0. The highest BCUT2D eigenvalue weighted by Gasteiger charge is 2.13. The molecular formula is C46H30. The average molecular weight is 583 g/mol. The van der Waals surface area contributed by atoms with Crippen LogP contribution in [0.2, 0.25) is 0 Å². The Hall–Kier alpha value is -5.98. The molecule has 0 heteroatoms. The van der Waals surface area contributed by atoms with E-state index in [9.17, 15) is 0 Å². The third-order valence-electron chi connectivity index (χ3n) is 9.43. The zero-order valence-corrected chi connectivity index (χ0v) is 25.3. The first-order valence-electron chi connectivity index (χ1n) is 15.9. The van der Waals surface area contributed by atoms with Gasteiger partial charge in [0.05, 0.1) is 0 Å². The molecule has 0 fully saturated rings. The van der Waals surface area contributed by atoms with Crippen LogP contribution >= 0.6 is 0 Å². The van der Waals surface area contributed by atoms with Gasteiger partial charge in [0, 0.05) is 0 Å². The summed E-state index contributed by atoms with van der Waals surface area (Å²) in [6.45, 7) is 0. The summed E-state index contributed by atoms with van der Waals surface area (Å²) < 4.78 is 0. The normalized spacial score (nSPS) is 11.5. The first-order chi connectivity index (χ1) is 22.8. The Labute approximate surface area is 268 Å². The van der Waals surface area contributed by atoms with E-state index in [-0.39, 0.29) is 0 Å². The fraction of sp³-hybridized carbons (Fsp3) is 0. The van der Waals surface area contributed by atoms with Crippen molar-refractivity contribution >= 4 is 43.1 Å². The Morgan fingerprint density at radius 3 is 0.935 bits per heavy atom. The molecule has 0 spiro atoms. The third kappa shape index (κ3) is 4.47. The summed E-state index contributed by atoms with van der Waals surface area (Å²) in [4.78, 5) is 0. The Morgan fingerprint density at radius 1 is 0.196 bits per heavy atom. The van der Waals surface area contributed by atoms with Gasteiger partial charge < -0.3 is 0 Å². The van der Waals surface area contributed by atoms with Crippen LogP contribution in [0.15, 0.2) is 182 Å². The van der Waals surface area contributed by atoms with Crippen LogP contribution < -0.4 is 0 Å². The third-order valence-corrected chi connectivity index (χ3v) is 9.43. The molecule has 0 saturated heterocycles. The summed E-state index contributed by atoms with van der Waals surface area (Å²) in [6.07, 6.45) is 0. The van der Waals surface area contributed by atoms with Gasteiger partial charge in [-0.05, 0) is 112 Å². The molecule has 0 bridgehead atoms. The Balaban J connectivity index is 1.17. The van der Waals surface area contributed by atoms with Crippen LogP contribution in [0.25, 0.3) is 87.6 Å². The molecule has 0 aliphatic heterocycles. The van der Waals surface area contributed by atoms with E-state index in [0.29, 0.717) is 0 Å². The molecule has 0 nitrogen and oxygen atoms in total. The van der Waals surface area contributed by atoms with E-state index in [1.54, 1.807) is 0 Å². The summed E-state index contributed by atoms with van der Waals surface area (Å²) in [7, 11) is 0. The van der Waals surface area contributed by atoms with Crippen molar-refractivity contribution in [1.29, 1.82) is 0 Å². The topological polar surface area (TPSA) is 0 Å². The fourth-order valence-electron chi connectivity index (χ4n) is 7.18. The molecule has 0 aliphatic carbocycles. The van der Waals surface area contributed by atoms with Crippen LogP contribution in [0, 0.1) is 0 Å². The maximum absolute atomic E-state index is 2.37. The standard InChI is InChI=1S/C46H30/c1-5-17-39-33(11-1)15-9-21-43(39)45-29-37(27-35-13-3-7-19-41(35)45)31-23-25-32(26-24-31)38-28-36-14-4-8-20-42(36)46(30-38)44-22-10-16-34-12-2-6-18-40(34)44/h1-30H. The summed E-state index contributed by atoms with van der Waals surface area (Å²) in [5.74, 6) is 0. The van der Waals surface area contributed by atoms with Crippen molar-refractivity contribution < 1.29 is 0 Å². The highest BCUT2D eigenvalue weighted by Crippen LogP contribution is 2.40. The van der Waals surface area contributed by atoms with E-state index in [2.05, 4.69) is 182 Å². The van der Waals surface area contributed by atoms with E-state index in [0.717, 1.165) is 0 Å². The van der Waals surface area contributed by atoms with Gasteiger partial charge in [-0.3, -0.25) is 0 Å². The molecule has 0 heterocycles. The van der Waals surface area contributed by atoms with Crippen LogP contribution in [0.5, 0.6) is 0 Å². The number of fused-ring (bicyclic) bond motifs is 4. The molecule has 0 amide bonds. The molecule has 0 radical (unpaired) electrons. The molecule has 9 rings (SSSR count). The average Bonchev–Trinajstić information content (AvgIpc) is 3.13. The van der Waals surface area contributed by atoms with E-state index in [4.69, 9.17) is 0 Å². The van der Waals surface area contributed by atoms with Crippen LogP contribution in [-0.4, -0.2) is 0 Å². The van der Waals surface area contributed by atoms with Crippen molar-refractivity contribution in [3.63, 3.8) is 0 Å². The molecule has 214 valence electrons. The second kappa shape index (κ2) is 10.9. The minimum absolute atomic E-state index is 1.21. The summed E-state index contributed by atoms with van der Waals surface area (Å²) in [5.41, 5.74) is 9.95. The predicted octanol–water partition coefficient (Wildman–Crippen LogP) is 13.0. The molecule has 9 aromatic carbocycles. The van der Waals surface area contributed by atoms with Gasteiger partial charge in [-0.2, -0.15) is 0 Å². The van der Waals surface area contributed by atoms with Crippen LogP contribution in [0.4, 0.5) is 0 Å². The SMILES string of the molecule is c1ccc2c(-c3cc(-c4ccc(-c5cc(-c6cccc7ccccc67)c6ccccc6c5)cc4)cc4ccccc34)cccc2c1. The van der Waals surface area contributed by atoms with Crippen molar-refractivity contribution in [3.8, 4) is 44.5 Å². The molecular weight excluding hydrogens is 553 g/mol. The van der Waals surface area contributed by atoms with Crippen LogP contribution in [0.1, 0.15) is 0 Å². The van der Waals surface area contributed by atoms with E-state index in [1.807, 2.05) is 0 Å². The molecule has 46 heavy (non-hydrogen) atoms. The van der Waals surface area contributed by atoms with Crippen LogP contribution in [0.3, 0.4) is 0 Å². The quantitative estimate of drug-likeness (QED) is 0.194. The summed E-state index contributed by atoms with van der Waals surface area (Å²) >= 11 is 0. The lowest BCUT2D eigenvalue weighted by atomic mass is 9.89. The van der Waals surface area contributed by atoms with Gasteiger partial charge in [0.15, 0.2) is 0 Å². The van der Waals surface area contributed by atoms with Gasteiger partial charge in [-0.15, -0.1) is 0 Å². The maximum Gasteiger partial charge on any atom is -0.00930 e. The molecule has 0 unspecified atom stereocenters. The molecule has 0 aliphatic rings. The monoisotopic (exact) mass is 582 g/mol. The van der Waals surface area contributed by atoms with Crippen molar-refractivity contribution in [2.45, 2.75) is 0 Å². The van der Waals surface area contributed by atoms with Gasteiger partial charge in [-0.1, -0.05) is 158 Å². The lowest BCUT2D eigenvalue weighted by Gasteiger charge is -2.15. The van der Waals surface area contributed by atoms with Gasteiger partial charge in [-0.25, -0.2) is 0 Å². The highest BCUT2D eigenvalue weighted by atomic mass is 14.2. The number of benzene rings is 9. The number of rotatable bonds is 4. The van der Waals surface area contributed by atoms with Gasteiger partial charge >= 0.3 is 0 Å². The Morgan fingerprint density at radius 2 is 0.522 bits per heavy atom. The van der Waals surface area contributed by atoms with Crippen molar-refractivity contribution in [1.82, 2.24) is 0 Å². The van der Waals surface area contributed by atoms with Gasteiger partial charge in [0.1, 0.15) is 0 Å². The predicted molar refractivity (Wildman–Crippen MR) is 198 cm³/mol. The zero-order valence-electron chi connectivity index (χ0n) is 25.3. The second-order valence-corrected chi connectivity index (χ2v) is 12.1. The Kier molecular flexibility index (Phi) is 6.25. The first kappa shape index (κ1) is 26.4. The summed E-state index contributed by atoms with van der Waals surface area (Å²) in [5, 5.41) is 10.1. The second-order valence-electron chi connectivity index (χ2n) is 12.1. The van der Waals surface area contributed by atoms with Crippen molar-refractivity contribution in [3.05, 3.63) is 182 Å². The van der Waals surface area contributed by atoms with Crippen molar-refractivity contribution in [2.24, 2.45) is 0 Å².